The summed E-state index contributed by atoms with van der Waals surface area (Å²) in [5, 5.41) is 8.17. The maximum Gasteiger partial charge on any atom is 0.408 e. The second kappa shape index (κ2) is 10.5. The number of rotatable bonds is 8. The lowest BCUT2D eigenvalue weighted by molar-refractivity contribution is -0.142. The van der Waals surface area contributed by atoms with Crippen LogP contribution in [0.15, 0.2) is 48.8 Å². The summed E-state index contributed by atoms with van der Waals surface area (Å²) < 4.78 is 49.8. The number of halogens is 3. The Morgan fingerprint density at radius 2 is 1.96 bits per heavy atom. The van der Waals surface area contributed by atoms with Crippen molar-refractivity contribution in [2.45, 2.75) is 57.0 Å². The van der Waals surface area contributed by atoms with Gasteiger partial charge in [0, 0.05) is 49.4 Å². The number of methoxy groups -OCH3 is 1. The molecule has 1 amide bonds. The first kappa shape index (κ1) is 28.9. The summed E-state index contributed by atoms with van der Waals surface area (Å²) in [6.07, 6.45) is 2.65. The summed E-state index contributed by atoms with van der Waals surface area (Å²) >= 11 is 0. The smallest absolute Gasteiger partial charge is 0.408 e. The van der Waals surface area contributed by atoms with Crippen molar-refractivity contribution >= 4 is 39.2 Å². The van der Waals surface area contributed by atoms with Crippen molar-refractivity contribution in [3.8, 4) is 17.3 Å². The van der Waals surface area contributed by atoms with E-state index in [1.165, 1.54) is 12.4 Å². The third kappa shape index (κ3) is 4.88. The van der Waals surface area contributed by atoms with Crippen molar-refractivity contribution in [3.63, 3.8) is 0 Å². The second-order valence-electron chi connectivity index (χ2n) is 13.0. The van der Waals surface area contributed by atoms with Crippen LogP contribution in [0.3, 0.4) is 0 Å². The van der Waals surface area contributed by atoms with Crippen molar-refractivity contribution in [2.24, 2.45) is 24.6 Å². The van der Waals surface area contributed by atoms with E-state index in [-0.39, 0.29) is 18.0 Å². The Morgan fingerprint density at radius 3 is 2.65 bits per heavy atom. The third-order valence-electron chi connectivity index (χ3n) is 9.86. The van der Waals surface area contributed by atoms with Crippen molar-refractivity contribution in [1.29, 1.82) is 0 Å². The quantitative estimate of drug-likeness (QED) is 0.228. The number of nitrogens with zero attached hydrogens (tertiary/aromatic N) is 6. The van der Waals surface area contributed by atoms with Gasteiger partial charge in [0.05, 0.1) is 41.4 Å². The van der Waals surface area contributed by atoms with E-state index < -0.39 is 12.7 Å². The fourth-order valence-corrected chi connectivity index (χ4v) is 7.48. The van der Waals surface area contributed by atoms with Gasteiger partial charge in [-0.05, 0) is 61.8 Å². The van der Waals surface area contributed by atoms with E-state index in [4.69, 9.17) is 15.5 Å². The fourth-order valence-electron chi connectivity index (χ4n) is 7.48. The standard InChI is InChI=1S/C33H35F3N8O2/c1-41-30-24(10-21(12-27(30)46-2)32(45)44-15-20-8-9-25(44)28(20)37)40-31(41)26-11-19-4-3-5-23(29(19)43(26)14-18-6-7-18)39-22-13-38-42(16-22)17-33(34,35)36/h3-5,10-13,16,18,20,25,28,39H,6-9,14-15,17,37H2,1-2H3/t20-,25-,28-/m1/s1. The Morgan fingerprint density at radius 1 is 1.13 bits per heavy atom. The van der Waals surface area contributed by atoms with Crippen LogP contribution in [0.2, 0.25) is 0 Å². The van der Waals surface area contributed by atoms with Gasteiger partial charge in [0.1, 0.15) is 17.8 Å². The molecule has 4 heterocycles. The third-order valence-corrected chi connectivity index (χ3v) is 9.86. The van der Waals surface area contributed by atoms with Crippen LogP contribution in [0, 0.1) is 11.8 Å². The molecule has 0 unspecified atom stereocenters. The van der Waals surface area contributed by atoms with E-state index in [9.17, 15) is 18.0 Å². The topological polar surface area (TPSA) is 108 Å². The van der Waals surface area contributed by atoms with E-state index in [1.54, 1.807) is 13.2 Å². The van der Waals surface area contributed by atoms with Crippen LogP contribution in [0.4, 0.5) is 24.5 Å². The minimum atomic E-state index is -4.36. The molecule has 2 saturated carbocycles. The van der Waals surface area contributed by atoms with Gasteiger partial charge < -0.3 is 29.8 Å². The molecular weight excluding hydrogens is 597 g/mol. The lowest BCUT2D eigenvalue weighted by atomic mass is 10.1. The minimum Gasteiger partial charge on any atom is -0.494 e. The number of aromatic nitrogens is 5. The van der Waals surface area contributed by atoms with E-state index in [1.807, 2.05) is 40.8 Å². The lowest BCUT2D eigenvalue weighted by Gasteiger charge is -2.27. The number of imidazole rings is 1. The molecule has 3 aromatic heterocycles. The lowest BCUT2D eigenvalue weighted by Crippen LogP contribution is -2.41. The molecule has 1 saturated heterocycles. The molecule has 240 valence electrons. The molecule has 3 fully saturated rings. The first-order valence-corrected chi connectivity index (χ1v) is 15.7. The zero-order valence-electron chi connectivity index (χ0n) is 25.6. The minimum absolute atomic E-state index is 0.0277. The number of likely N-dealkylation sites (tertiary alicyclic amines) is 1. The summed E-state index contributed by atoms with van der Waals surface area (Å²) in [6.45, 7) is 0.295. The maximum absolute atomic E-state index is 13.7. The molecule has 2 aromatic carbocycles. The Kier molecular flexibility index (Phi) is 6.61. The van der Waals surface area contributed by atoms with Gasteiger partial charge >= 0.3 is 6.18 Å². The molecule has 46 heavy (non-hydrogen) atoms. The first-order chi connectivity index (χ1) is 22.1. The van der Waals surface area contributed by atoms with Crippen LogP contribution in [-0.4, -0.2) is 66.6 Å². The number of carbonyl (C=O) groups is 1. The predicted molar refractivity (Wildman–Crippen MR) is 168 cm³/mol. The Labute approximate surface area is 262 Å². The highest BCUT2D eigenvalue weighted by molar-refractivity contribution is 6.01. The van der Waals surface area contributed by atoms with Gasteiger partial charge in [-0.25, -0.2) is 4.98 Å². The Bertz CT molecular complexity index is 1990. The molecule has 0 spiro atoms. The number of fused-ring (bicyclic) bond motifs is 4. The summed E-state index contributed by atoms with van der Waals surface area (Å²) in [4.78, 5) is 20.7. The monoisotopic (exact) mass is 632 g/mol. The normalized spacial score (nSPS) is 21.2. The second-order valence-corrected chi connectivity index (χ2v) is 13.0. The molecular formula is C33H35F3N8O2. The zero-order chi connectivity index (χ0) is 31.9. The van der Waals surface area contributed by atoms with Crippen LogP contribution in [0.25, 0.3) is 33.5 Å². The molecule has 5 aromatic rings. The summed E-state index contributed by atoms with van der Waals surface area (Å²) in [5.41, 5.74) is 11.4. The van der Waals surface area contributed by atoms with Crippen LogP contribution >= 0.6 is 0 Å². The number of piperidine rings is 1. The molecule has 3 N–H and O–H groups in total. The van der Waals surface area contributed by atoms with Crippen LogP contribution in [0.5, 0.6) is 5.75 Å². The molecule has 8 rings (SSSR count). The van der Waals surface area contributed by atoms with Crippen LogP contribution in [-0.2, 0) is 20.1 Å². The number of alkyl halides is 3. The van der Waals surface area contributed by atoms with Gasteiger partial charge in [0.25, 0.3) is 5.91 Å². The number of nitrogens with two attached hydrogens (primary N) is 1. The molecule has 3 aliphatic rings. The summed E-state index contributed by atoms with van der Waals surface area (Å²) in [7, 11) is 3.54. The van der Waals surface area contributed by atoms with E-state index in [0.29, 0.717) is 40.9 Å². The maximum atomic E-state index is 13.7. The number of aryl methyl sites for hydroxylation is 1. The van der Waals surface area contributed by atoms with E-state index in [0.717, 1.165) is 70.5 Å². The average molecular weight is 633 g/mol. The average Bonchev–Trinajstić information content (AvgIpc) is 3.28. The van der Waals surface area contributed by atoms with Gasteiger partial charge in [-0.2, -0.15) is 18.3 Å². The number of hydrogen-bond acceptors (Lipinski definition) is 6. The first-order valence-electron chi connectivity index (χ1n) is 15.7. The predicted octanol–water partition coefficient (Wildman–Crippen LogP) is 5.68. The van der Waals surface area contributed by atoms with Gasteiger partial charge in [0.15, 0.2) is 5.82 Å². The molecule has 10 nitrogen and oxygen atoms in total. The van der Waals surface area contributed by atoms with Gasteiger partial charge in [-0.1, -0.05) is 12.1 Å². The summed E-state index contributed by atoms with van der Waals surface area (Å²) in [6, 6.07) is 11.7. The molecule has 13 heteroatoms. The molecule has 2 bridgehead atoms. The Balaban J connectivity index is 1.20. The summed E-state index contributed by atoms with van der Waals surface area (Å²) in [5.74, 6) is 2.12. The van der Waals surface area contributed by atoms with Crippen LogP contribution in [0.1, 0.15) is 36.0 Å². The highest BCUT2D eigenvalue weighted by Gasteiger charge is 2.47. The van der Waals surface area contributed by atoms with Gasteiger partial charge in [-0.15, -0.1) is 0 Å². The number of ether oxygens (including phenoxy) is 1. The van der Waals surface area contributed by atoms with Crippen molar-refractivity contribution in [2.75, 3.05) is 19.0 Å². The number of anilines is 2. The number of amides is 1. The zero-order valence-corrected chi connectivity index (χ0v) is 25.6. The Hall–Kier alpha value is -4.52. The van der Waals surface area contributed by atoms with Crippen molar-refractivity contribution < 1.29 is 22.7 Å². The molecule has 3 atom stereocenters. The largest absolute Gasteiger partial charge is 0.494 e. The number of hydrogen-bond donors (Lipinski definition) is 2. The number of carbonyl (C=O) groups excluding carboxylic acids is 1. The highest BCUT2D eigenvalue weighted by Crippen LogP contribution is 2.41. The fraction of sp³-hybridized carbons (Fsp3) is 0.424. The van der Waals surface area contributed by atoms with E-state index >= 15 is 0 Å². The molecule has 1 aliphatic heterocycles. The van der Waals surface area contributed by atoms with Crippen molar-refractivity contribution in [3.05, 3.63) is 54.4 Å². The van der Waals surface area contributed by atoms with Gasteiger partial charge in [-0.3, -0.25) is 9.48 Å². The van der Waals surface area contributed by atoms with E-state index in [2.05, 4.69) is 21.0 Å². The number of para-hydroxylation sites is 1. The molecule has 2 aliphatic carbocycles. The number of benzene rings is 2. The SMILES string of the molecule is COc1cc(C(=O)N2C[C@H]3CC[C@@H]2[C@@H]3N)cc2nc(-c3cc4cccc(Nc5cnn(CC(F)(F)F)c5)c4n3CC3CC3)n(C)c12. The molecule has 0 radical (unpaired) electrons. The highest BCUT2D eigenvalue weighted by atomic mass is 19.4. The van der Waals surface area contributed by atoms with Crippen molar-refractivity contribution in [1.82, 2.24) is 28.8 Å². The van der Waals surface area contributed by atoms with Crippen LogP contribution < -0.4 is 15.8 Å². The van der Waals surface area contributed by atoms with Gasteiger partial charge in [0.2, 0.25) is 0 Å². The number of nitrogens with one attached hydrogen (secondary N) is 1.